The lowest BCUT2D eigenvalue weighted by atomic mass is 10.2. The van der Waals surface area contributed by atoms with Crippen molar-refractivity contribution in [2.24, 2.45) is 5.10 Å². The van der Waals surface area contributed by atoms with Crippen molar-refractivity contribution < 1.29 is 23.8 Å². The van der Waals surface area contributed by atoms with E-state index < -0.39 is 11.9 Å². The summed E-state index contributed by atoms with van der Waals surface area (Å²) < 4.78 is 16.6. The summed E-state index contributed by atoms with van der Waals surface area (Å²) in [5.74, 6) is 0.631. The summed E-state index contributed by atoms with van der Waals surface area (Å²) in [7, 11) is 0. The van der Waals surface area contributed by atoms with Crippen molar-refractivity contribution in [2.45, 2.75) is 13.5 Å². The van der Waals surface area contributed by atoms with Gasteiger partial charge in [-0.3, -0.25) is 4.79 Å². The highest BCUT2D eigenvalue weighted by atomic mass is 35.5. The fraction of sp³-hybridized carbons (Fsp3) is 0.100. The normalized spacial score (nSPS) is 10.7. The van der Waals surface area contributed by atoms with Crippen LogP contribution in [0, 0.1) is 0 Å². The van der Waals surface area contributed by atoms with Crippen LogP contribution in [0.15, 0.2) is 102 Å². The van der Waals surface area contributed by atoms with E-state index in [-0.39, 0.29) is 0 Å². The van der Waals surface area contributed by atoms with Gasteiger partial charge in [0, 0.05) is 5.02 Å². The average molecular weight is 529 g/mol. The first-order chi connectivity index (χ1) is 18.5. The van der Waals surface area contributed by atoms with Crippen molar-refractivity contribution in [3.05, 3.63) is 124 Å². The third-order valence-corrected chi connectivity index (χ3v) is 5.56. The van der Waals surface area contributed by atoms with Gasteiger partial charge in [-0.25, -0.2) is 10.2 Å². The highest BCUT2D eigenvalue weighted by molar-refractivity contribution is 6.30. The molecule has 192 valence electrons. The van der Waals surface area contributed by atoms with Crippen LogP contribution in [0.5, 0.6) is 17.2 Å². The maximum absolute atomic E-state index is 12.7. The minimum atomic E-state index is -0.473. The van der Waals surface area contributed by atoms with Crippen LogP contribution in [0.4, 0.5) is 0 Å². The molecule has 7 nitrogen and oxygen atoms in total. The van der Waals surface area contributed by atoms with Crippen LogP contribution in [0.25, 0.3) is 0 Å². The Balaban J connectivity index is 1.30. The predicted octanol–water partition coefficient (Wildman–Crippen LogP) is 6.30. The van der Waals surface area contributed by atoms with Gasteiger partial charge in [0.1, 0.15) is 23.9 Å². The lowest BCUT2D eigenvalue weighted by Gasteiger charge is -2.10. The molecule has 0 aromatic heterocycles. The smallest absolute Gasteiger partial charge is 0.343 e. The zero-order chi connectivity index (χ0) is 26.7. The zero-order valence-electron chi connectivity index (χ0n) is 20.6. The number of esters is 1. The van der Waals surface area contributed by atoms with Crippen LogP contribution in [-0.4, -0.2) is 24.7 Å². The Labute approximate surface area is 225 Å². The van der Waals surface area contributed by atoms with E-state index in [9.17, 15) is 9.59 Å². The molecule has 4 aromatic carbocycles. The van der Waals surface area contributed by atoms with Crippen molar-refractivity contribution in [3.8, 4) is 17.2 Å². The molecule has 8 heteroatoms. The molecular formula is C30H25ClN2O5. The fourth-order valence-corrected chi connectivity index (χ4v) is 3.52. The molecule has 0 radical (unpaired) electrons. The van der Waals surface area contributed by atoms with Gasteiger partial charge in [0.25, 0.3) is 5.91 Å². The minimum Gasteiger partial charge on any atom is -0.494 e. The number of hydrogen-bond acceptors (Lipinski definition) is 6. The molecule has 0 aliphatic rings. The van der Waals surface area contributed by atoms with E-state index in [4.69, 9.17) is 25.8 Å². The van der Waals surface area contributed by atoms with Gasteiger partial charge in [0.15, 0.2) is 0 Å². The van der Waals surface area contributed by atoms with Gasteiger partial charge in [-0.05, 0) is 90.8 Å². The molecule has 0 unspecified atom stereocenters. The number of halogens is 1. The first kappa shape index (κ1) is 26.4. The number of hydrazone groups is 1. The van der Waals surface area contributed by atoms with Crippen molar-refractivity contribution in [1.82, 2.24) is 5.43 Å². The third-order valence-electron chi connectivity index (χ3n) is 5.31. The van der Waals surface area contributed by atoms with Crippen LogP contribution in [0.2, 0.25) is 5.02 Å². The first-order valence-electron chi connectivity index (χ1n) is 11.9. The molecule has 0 saturated heterocycles. The van der Waals surface area contributed by atoms with Crippen LogP contribution in [0.3, 0.4) is 0 Å². The van der Waals surface area contributed by atoms with Gasteiger partial charge in [-0.1, -0.05) is 35.9 Å². The molecule has 0 spiro atoms. The van der Waals surface area contributed by atoms with Gasteiger partial charge in [0.2, 0.25) is 0 Å². The zero-order valence-corrected chi connectivity index (χ0v) is 21.4. The number of benzene rings is 4. The Morgan fingerprint density at radius 3 is 2.24 bits per heavy atom. The van der Waals surface area contributed by atoms with E-state index in [0.717, 1.165) is 5.56 Å². The molecule has 4 rings (SSSR count). The fourth-order valence-electron chi connectivity index (χ4n) is 3.39. The van der Waals surface area contributed by atoms with Gasteiger partial charge in [-0.15, -0.1) is 0 Å². The van der Waals surface area contributed by atoms with E-state index in [2.05, 4.69) is 10.5 Å². The van der Waals surface area contributed by atoms with Gasteiger partial charge in [-0.2, -0.15) is 5.10 Å². The highest BCUT2D eigenvalue weighted by Crippen LogP contribution is 2.20. The molecule has 0 heterocycles. The minimum absolute atomic E-state index is 0.292. The number of nitrogens with zero attached hydrogens (tertiary/aromatic N) is 1. The Morgan fingerprint density at radius 2 is 1.53 bits per heavy atom. The standard InChI is InChI=1S/C30H25ClN2O5/c1-2-36-25-17-11-23(12-18-25)30(35)38-26-15-9-21(10-16-26)19-32-33-29(34)27-5-3-4-6-28(27)37-20-22-7-13-24(31)14-8-22/h3-19H,2,20H2,1H3,(H,33,34). The van der Waals surface area contributed by atoms with E-state index in [1.807, 2.05) is 19.1 Å². The number of ether oxygens (including phenoxy) is 3. The Bertz CT molecular complexity index is 1400. The number of amides is 1. The van der Waals surface area contributed by atoms with E-state index in [1.165, 1.54) is 6.21 Å². The molecule has 4 aromatic rings. The van der Waals surface area contributed by atoms with E-state index in [0.29, 0.717) is 52.2 Å². The number of rotatable bonds is 10. The lowest BCUT2D eigenvalue weighted by Crippen LogP contribution is -2.18. The second-order valence-corrected chi connectivity index (χ2v) is 8.46. The van der Waals surface area contributed by atoms with E-state index >= 15 is 0 Å². The maximum atomic E-state index is 12.7. The molecule has 0 saturated carbocycles. The SMILES string of the molecule is CCOc1ccc(C(=O)Oc2ccc(C=NNC(=O)c3ccccc3OCc3ccc(Cl)cc3)cc2)cc1. The van der Waals surface area contributed by atoms with Crippen molar-refractivity contribution in [3.63, 3.8) is 0 Å². The molecule has 0 atom stereocenters. The largest absolute Gasteiger partial charge is 0.494 e. The van der Waals surface area contributed by atoms with Gasteiger partial charge < -0.3 is 14.2 Å². The molecule has 38 heavy (non-hydrogen) atoms. The number of hydrogen-bond donors (Lipinski definition) is 1. The molecule has 1 amide bonds. The summed E-state index contributed by atoms with van der Waals surface area (Å²) in [6.45, 7) is 2.74. The quantitative estimate of drug-likeness (QED) is 0.113. The van der Waals surface area contributed by atoms with Crippen molar-refractivity contribution in [2.75, 3.05) is 6.61 Å². The van der Waals surface area contributed by atoms with Crippen LogP contribution >= 0.6 is 11.6 Å². The summed E-state index contributed by atoms with van der Waals surface area (Å²) in [6.07, 6.45) is 1.49. The van der Waals surface area contributed by atoms with Crippen LogP contribution in [-0.2, 0) is 6.61 Å². The molecule has 0 bridgehead atoms. The molecule has 0 aliphatic heterocycles. The first-order valence-corrected chi connectivity index (χ1v) is 12.2. The van der Waals surface area contributed by atoms with Gasteiger partial charge >= 0.3 is 5.97 Å². The molecular weight excluding hydrogens is 504 g/mol. The Hall–Kier alpha value is -4.62. The van der Waals surface area contributed by atoms with Crippen LogP contribution in [0.1, 0.15) is 38.8 Å². The highest BCUT2D eigenvalue weighted by Gasteiger charge is 2.12. The average Bonchev–Trinajstić information content (AvgIpc) is 2.94. The van der Waals surface area contributed by atoms with Crippen molar-refractivity contribution in [1.29, 1.82) is 0 Å². The Morgan fingerprint density at radius 1 is 0.842 bits per heavy atom. The molecule has 1 N–H and O–H groups in total. The third kappa shape index (κ3) is 7.44. The van der Waals surface area contributed by atoms with Crippen molar-refractivity contribution >= 4 is 29.7 Å². The number of para-hydroxylation sites is 1. The Kier molecular flexibility index (Phi) is 9.10. The van der Waals surface area contributed by atoms with Crippen LogP contribution < -0.4 is 19.6 Å². The number of carbonyl (C=O) groups is 2. The summed E-state index contributed by atoms with van der Waals surface area (Å²) in [5.41, 5.74) is 4.92. The molecule has 0 aliphatic carbocycles. The maximum Gasteiger partial charge on any atom is 0.343 e. The summed E-state index contributed by atoms with van der Waals surface area (Å²) in [6, 6.07) is 27.7. The second kappa shape index (κ2) is 13.1. The number of nitrogens with one attached hydrogen (secondary N) is 1. The number of carbonyl (C=O) groups excluding carboxylic acids is 2. The van der Waals surface area contributed by atoms with Gasteiger partial charge in [0.05, 0.1) is 23.9 Å². The summed E-state index contributed by atoms with van der Waals surface area (Å²) >= 11 is 5.92. The van der Waals surface area contributed by atoms with E-state index in [1.54, 1.807) is 84.9 Å². The summed E-state index contributed by atoms with van der Waals surface area (Å²) in [4.78, 5) is 25.1. The lowest BCUT2D eigenvalue weighted by molar-refractivity contribution is 0.0734. The topological polar surface area (TPSA) is 86.2 Å². The summed E-state index contributed by atoms with van der Waals surface area (Å²) in [5, 5.41) is 4.68. The predicted molar refractivity (Wildman–Crippen MR) is 146 cm³/mol. The second-order valence-electron chi connectivity index (χ2n) is 8.03. The molecule has 0 fully saturated rings. The monoisotopic (exact) mass is 528 g/mol.